The van der Waals surface area contributed by atoms with Crippen LogP contribution in [0.25, 0.3) is 0 Å². The summed E-state index contributed by atoms with van der Waals surface area (Å²) in [6.07, 6.45) is 3.93. The standard InChI is InChI=1S/C14H16O4S/c1-19(17,18)14(8-9-14)11-4-2-10(3-5-11)13(6-7-13)12(15)16/h2-5H,6-9H2,1H3,(H,15,16). The van der Waals surface area contributed by atoms with Crippen LogP contribution in [0.4, 0.5) is 0 Å². The van der Waals surface area contributed by atoms with Gasteiger partial charge in [-0.2, -0.15) is 0 Å². The molecular formula is C14H16O4S. The van der Waals surface area contributed by atoms with E-state index >= 15 is 0 Å². The maximum absolute atomic E-state index is 11.8. The fourth-order valence-electron chi connectivity index (χ4n) is 2.83. The topological polar surface area (TPSA) is 71.4 Å². The van der Waals surface area contributed by atoms with E-state index < -0.39 is 26.0 Å². The van der Waals surface area contributed by atoms with Crippen molar-refractivity contribution in [2.75, 3.05) is 6.26 Å². The SMILES string of the molecule is CS(=O)(=O)C1(c2ccc(C3(C(=O)O)CC3)cc2)CC1. The van der Waals surface area contributed by atoms with Crippen molar-refractivity contribution in [1.29, 1.82) is 0 Å². The molecule has 0 spiro atoms. The van der Waals surface area contributed by atoms with Crippen molar-refractivity contribution in [2.45, 2.75) is 35.8 Å². The first-order valence-electron chi connectivity index (χ1n) is 6.36. The van der Waals surface area contributed by atoms with Crippen LogP contribution >= 0.6 is 0 Å². The molecule has 0 amide bonds. The molecule has 102 valence electrons. The summed E-state index contributed by atoms with van der Waals surface area (Å²) in [5.74, 6) is -0.788. The molecule has 0 aromatic heterocycles. The molecule has 19 heavy (non-hydrogen) atoms. The Hall–Kier alpha value is -1.36. The maximum atomic E-state index is 11.8. The lowest BCUT2D eigenvalue weighted by molar-refractivity contribution is -0.140. The van der Waals surface area contributed by atoms with Crippen LogP contribution in [0.5, 0.6) is 0 Å². The van der Waals surface area contributed by atoms with E-state index in [0.717, 1.165) is 11.1 Å². The first-order valence-corrected chi connectivity index (χ1v) is 8.25. The molecule has 2 fully saturated rings. The minimum Gasteiger partial charge on any atom is -0.481 e. The summed E-state index contributed by atoms with van der Waals surface area (Å²) < 4.78 is 22.9. The Balaban J connectivity index is 1.95. The number of carboxylic acid groups (broad SMARTS) is 1. The van der Waals surface area contributed by atoms with E-state index in [2.05, 4.69) is 0 Å². The van der Waals surface area contributed by atoms with E-state index in [0.29, 0.717) is 25.7 Å². The Morgan fingerprint density at radius 2 is 1.53 bits per heavy atom. The van der Waals surface area contributed by atoms with Crippen LogP contribution in [0, 0.1) is 0 Å². The first-order chi connectivity index (χ1) is 8.82. The fraction of sp³-hybridized carbons (Fsp3) is 0.500. The molecule has 0 saturated heterocycles. The van der Waals surface area contributed by atoms with Crippen LogP contribution in [0.2, 0.25) is 0 Å². The van der Waals surface area contributed by atoms with Gasteiger partial charge in [-0.15, -0.1) is 0 Å². The van der Waals surface area contributed by atoms with E-state index in [9.17, 15) is 18.3 Å². The zero-order valence-corrected chi connectivity index (χ0v) is 11.5. The third kappa shape index (κ3) is 1.71. The van der Waals surface area contributed by atoms with Gasteiger partial charge in [0, 0.05) is 6.26 Å². The zero-order chi connectivity index (χ0) is 13.9. The highest BCUT2D eigenvalue weighted by Crippen LogP contribution is 2.53. The van der Waals surface area contributed by atoms with Gasteiger partial charge in [-0.25, -0.2) is 8.42 Å². The summed E-state index contributed by atoms with van der Waals surface area (Å²) in [7, 11) is -3.11. The van der Waals surface area contributed by atoms with Gasteiger partial charge in [0.1, 0.15) is 0 Å². The molecule has 0 atom stereocenters. The minimum atomic E-state index is -3.11. The van der Waals surface area contributed by atoms with E-state index in [1.807, 2.05) is 0 Å². The van der Waals surface area contributed by atoms with Gasteiger partial charge in [-0.3, -0.25) is 4.79 Å². The highest BCUT2D eigenvalue weighted by molar-refractivity contribution is 7.92. The van der Waals surface area contributed by atoms with Gasteiger partial charge in [0.25, 0.3) is 0 Å². The monoisotopic (exact) mass is 280 g/mol. The van der Waals surface area contributed by atoms with Crippen LogP contribution in [-0.4, -0.2) is 25.7 Å². The third-order valence-corrected chi connectivity index (χ3v) is 6.60. The molecule has 2 saturated carbocycles. The summed E-state index contributed by atoms with van der Waals surface area (Å²) in [5, 5.41) is 9.23. The van der Waals surface area contributed by atoms with Crippen LogP contribution in [-0.2, 0) is 24.8 Å². The number of sulfone groups is 1. The molecule has 5 heteroatoms. The second-order valence-corrected chi connectivity index (χ2v) is 8.06. The molecule has 0 unspecified atom stereocenters. The van der Waals surface area contributed by atoms with Gasteiger partial charge in [0.15, 0.2) is 9.84 Å². The lowest BCUT2D eigenvalue weighted by Gasteiger charge is -2.16. The summed E-state index contributed by atoms with van der Waals surface area (Å²) in [6, 6.07) is 7.13. The van der Waals surface area contributed by atoms with Crippen LogP contribution in [0.3, 0.4) is 0 Å². The van der Waals surface area contributed by atoms with Crippen molar-refractivity contribution in [3.63, 3.8) is 0 Å². The highest BCUT2D eigenvalue weighted by Gasteiger charge is 2.54. The van der Waals surface area contributed by atoms with E-state index in [1.54, 1.807) is 24.3 Å². The lowest BCUT2D eigenvalue weighted by atomic mass is 9.94. The Labute approximate surface area is 112 Å². The molecule has 1 N–H and O–H groups in total. The fourth-order valence-corrected chi connectivity index (χ4v) is 4.24. The molecule has 0 aliphatic heterocycles. The average molecular weight is 280 g/mol. The molecule has 0 heterocycles. The second-order valence-electron chi connectivity index (χ2n) is 5.73. The normalized spacial score (nSPS) is 22.8. The van der Waals surface area contributed by atoms with Crippen molar-refractivity contribution in [1.82, 2.24) is 0 Å². The Kier molecular flexibility index (Phi) is 2.40. The van der Waals surface area contributed by atoms with Crippen LogP contribution in [0.1, 0.15) is 36.8 Å². The molecule has 0 bridgehead atoms. The predicted molar refractivity (Wildman–Crippen MR) is 70.7 cm³/mol. The largest absolute Gasteiger partial charge is 0.481 e. The third-order valence-electron chi connectivity index (χ3n) is 4.54. The lowest BCUT2D eigenvalue weighted by Crippen LogP contribution is -2.21. The molecule has 2 aliphatic carbocycles. The molecular weight excluding hydrogens is 264 g/mol. The first kappa shape index (κ1) is 12.7. The molecule has 0 radical (unpaired) electrons. The van der Waals surface area contributed by atoms with Gasteiger partial charge in [-0.1, -0.05) is 24.3 Å². The predicted octanol–water partition coefficient (Wildman–Crippen LogP) is 1.84. The van der Waals surface area contributed by atoms with Crippen molar-refractivity contribution in [3.8, 4) is 0 Å². The number of rotatable bonds is 4. The van der Waals surface area contributed by atoms with Crippen LogP contribution in [0.15, 0.2) is 24.3 Å². The number of hydrogen-bond donors (Lipinski definition) is 1. The zero-order valence-electron chi connectivity index (χ0n) is 10.7. The highest BCUT2D eigenvalue weighted by atomic mass is 32.2. The van der Waals surface area contributed by atoms with E-state index in [-0.39, 0.29) is 0 Å². The number of carboxylic acids is 1. The van der Waals surface area contributed by atoms with Crippen LogP contribution < -0.4 is 0 Å². The quantitative estimate of drug-likeness (QED) is 0.913. The van der Waals surface area contributed by atoms with Crippen molar-refractivity contribution in [3.05, 3.63) is 35.4 Å². The number of hydrogen-bond acceptors (Lipinski definition) is 3. The maximum Gasteiger partial charge on any atom is 0.314 e. The summed E-state index contributed by atoms with van der Waals surface area (Å²) >= 11 is 0. The van der Waals surface area contributed by atoms with Crippen molar-refractivity contribution >= 4 is 15.8 Å². The molecule has 2 aliphatic rings. The van der Waals surface area contributed by atoms with E-state index in [1.165, 1.54) is 6.26 Å². The smallest absolute Gasteiger partial charge is 0.314 e. The average Bonchev–Trinajstić information content (AvgIpc) is 3.21. The number of aliphatic carboxylic acids is 1. The summed E-state index contributed by atoms with van der Waals surface area (Å²) in [6.45, 7) is 0. The van der Waals surface area contributed by atoms with Crippen molar-refractivity contribution < 1.29 is 18.3 Å². The number of carbonyl (C=O) groups is 1. The van der Waals surface area contributed by atoms with Gasteiger partial charge in [-0.05, 0) is 36.8 Å². The minimum absolute atomic E-state index is 0.662. The van der Waals surface area contributed by atoms with Crippen molar-refractivity contribution in [2.24, 2.45) is 0 Å². The number of benzene rings is 1. The molecule has 1 aromatic rings. The summed E-state index contributed by atoms with van der Waals surface area (Å²) in [4.78, 5) is 11.2. The van der Waals surface area contributed by atoms with Gasteiger partial charge >= 0.3 is 5.97 Å². The Morgan fingerprint density at radius 1 is 1.05 bits per heavy atom. The Morgan fingerprint density at radius 3 is 1.84 bits per heavy atom. The molecule has 3 rings (SSSR count). The molecule has 1 aromatic carbocycles. The van der Waals surface area contributed by atoms with Gasteiger partial charge < -0.3 is 5.11 Å². The van der Waals surface area contributed by atoms with Gasteiger partial charge in [0.2, 0.25) is 0 Å². The van der Waals surface area contributed by atoms with Gasteiger partial charge in [0.05, 0.1) is 10.2 Å². The Bertz CT molecular complexity index is 635. The second kappa shape index (κ2) is 3.60. The van der Waals surface area contributed by atoms with E-state index in [4.69, 9.17) is 0 Å². The molecule has 4 nitrogen and oxygen atoms in total. The summed E-state index contributed by atoms with van der Waals surface area (Å²) in [5.41, 5.74) is 0.855.